The van der Waals surface area contributed by atoms with E-state index in [1.165, 1.54) is 12.8 Å². The normalized spacial score (nSPS) is 14.4. The van der Waals surface area contributed by atoms with Gasteiger partial charge in [0.2, 0.25) is 0 Å². The average Bonchev–Trinajstić information content (AvgIpc) is 3.13. The summed E-state index contributed by atoms with van der Waals surface area (Å²) in [6.45, 7) is 1.88. The van der Waals surface area contributed by atoms with E-state index < -0.39 is 0 Å². The Bertz CT molecular complexity index is 421. The van der Waals surface area contributed by atoms with E-state index in [1.807, 2.05) is 12.1 Å². The molecule has 0 bridgehead atoms. The molecule has 0 heterocycles. The molecule has 0 aromatic heterocycles. The molecule has 0 spiro atoms. The van der Waals surface area contributed by atoms with Crippen LogP contribution in [-0.4, -0.2) is 19.1 Å². The summed E-state index contributed by atoms with van der Waals surface area (Å²) in [7, 11) is 0. The third-order valence-corrected chi connectivity index (χ3v) is 3.12. The minimum Gasteiger partial charge on any atom is -0.384 e. The van der Waals surface area contributed by atoms with Crippen molar-refractivity contribution in [3.8, 4) is 6.07 Å². The second-order valence-corrected chi connectivity index (χ2v) is 4.69. The molecule has 17 heavy (non-hydrogen) atoms. The number of hydrogen-bond donors (Lipinski definition) is 2. The summed E-state index contributed by atoms with van der Waals surface area (Å²) >= 11 is 5.94. The molecule has 4 heteroatoms. The lowest BCUT2D eigenvalue weighted by Crippen LogP contribution is -2.20. The lowest BCUT2D eigenvalue weighted by Gasteiger charge is -2.09. The van der Waals surface area contributed by atoms with E-state index in [0.29, 0.717) is 10.6 Å². The number of benzene rings is 1. The fourth-order valence-corrected chi connectivity index (χ4v) is 1.91. The van der Waals surface area contributed by atoms with Crippen LogP contribution in [0.2, 0.25) is 5.02 Å². The van der Waals surface area contributed by atoms with Crippen LogP contribution in [0.5, 0.6) is 0 Å². The second kappa shape index (κ2) is 5.90. The molecular formula is C13H16ClN3. The van der Waals surface area contributed by atoms with Gasteiger partial charge in [0, 0.05) is 12.6 Å². The zero-order valence-electron chi connectivity index (χ0n) is 9.67. The first-order chi connectivity index (χ1) is 8.31. The second-order valence-electron chi connectivity index (χ2n) is 4.28. The molecule has 0 unspecified atom stereocenters. The van der Waals surface area contributed by atoms with Crippen LogP contribution in [0.1, 0.15) is 24.8 Å². The first-order valence-corrected chi connectivity index (χ1v) is 6.35. The zero-order chi connectivity index (χ0) is 12.1. The first kappa shape index (κ1) is 12.2. The highest BCUT2D eigenvalue weighted by Crippen LogP contribution is 2.23. The van der Waals surface area contributed by atoms with Crippen molar-refractivity contribution in [2.75, 3.05) is 18.4 Å². The Labute approximate surface area is 107 Å². The van der Waals surface area contributed by atoms with Crippen LogP contribution in [0.3, 0.4) is 0 Å². The molecule has 3 nitrogen and oxygen atoms in total. The van der Waals surface area contributed by atoms with Gasteiger partial charge in [0.1, 0.15) is 6.07 Å². The number of halogens is 1. The largest absolute Gasteiger partial charge is 0.384 e. The van der Waals surface area contributed by atoms with E-state index in [1.54, 1.807) is 6.07 Å². The van der Waals surface area contributed by atoms with Gasteiger partial charge >= 0.3 is 0 Å². The summed E-state index contributed by atoms with van der Waals surface area (Å²) < 4.78 is 0. The van der Waals surface area contributed by atoms with Crippen LogP contribution in [0.15, 0.2) is 18.2 Å². The Morgan fingerprint density at radius 2 is 2.18 bits per heavy atom. The standard InChI is InChI=1S/C13H16ClN3/c14-12-3-1-4-13(11(12)9-15)17-8-2-7-16-10-5-6-10/h1,3-4,10,16-17H,2,5-8H2. The van der Waals surface area contributed by atoms with Gasteiger partial charge in [0.15, 0.2) is 0 Å². The van der Waals surface area contributed by atoms with E-state index >= 15 is 0 Å². The van der Waals surface area contributed by atoms with Crippen LogP contribution in [-0.2, 0) is 0 Å². The molecule has 2 rings (SSSR count). The van der Waals surface area contributed by atoms with E-state index in [4.69, 9.17) is 16.9 Å². The number of rotatable bonds is 6. The van der Waals surface area contributed by atoms with E-state index in [2.05, 4.69) is 16.7 Å². The van der Waals surface area contributed by atoms with Crippen LogP contribution >= 0.6 is 11.6 Å². The molecule has 0 saturated heterocycles. The summed E-state index contributed by atoms with van der Waals surface area (Å²) in [6.07, 6.45) is 3.69. The van der Waals surface area contributed by atoms with Crippen LogP contribution < -0.4 is 10.6 Å². The SMILES string of the molecule is N#Cc1c(Cl)cccc1NCCCNC1CC1. The monoisotopic (exact) mass is 249 g/mol. The van der Waals surface area contributed by atoms with Crippen molar-refractivity contribution >= 4 is 17.3 Å². The molecule has 0 atom stereocenters. The predicted octanol–water partition coefficient (Wildman–Crippen LogP) is 2.77. The Hall–Kier alpha value is -1.24. The molecule has 0 aliphatic heterocycles. The lowest BCUT2D eigenvalue weighted by atomic mass is 10.2. The van der Waals surface area contributed by atoms with Gasteiger partial charge in [0.05, 0.1) is 16.3 Å². The number of nitriles is 1. The lowest BCUT2D eigenvalue weighted by molar-refractivity contribution is 0.659. The fraction of sp³-hybridized carbons (Fsp3) is 0.462. The highest BCUT2D eigenvalue weighted by molar-refractivity contribution is 6.32. The molecule has 0 radical (unpaired) electrons. The van der Waals surface area contributed by atoms with Crippen molar-refractivity contribution in [1.29, 1.82) is 5.26 Å². The molecule has 1 saturated carbocycles. The molecular weight excluding hydrogens is 234 g/mol. The van der Waals surface area contributed by atoms with Gasteiger partial charge in [-0.15, -0.1) is 0 Å². The minimum atomic E-state index is 0.508. The Morgan fingerprint density at radius 3 is 2.88 bits per heavy atom. The van der Waals surface area contributed by atoms with Crippen molar-refractivity contribution < 1.29 is 0 Å². The molecule has 2 N–H and O–H groups in total. The number of hydrogen-bond acceptors (Lipinski definition) is 3. The maximum Gasteiger partial charge on any atom is 0.103 e. The quantitative estimate of drug-likeness (QED) is 0.763. The maximum atomic E-state index is 9.00. The van der Waals surface area contributed by atoms with Crippen molar-refractivity contribution in [2.45, 2.75) is 25.3 Å². The van der Waals surface area contributed by atoms with Gasteiger partial charge in [-0.3, -0.25) is 0 Å². The van der Waals surface area contributed by atoms with Crippen molar-refractivity contribution in [2.24, 2.45) is 0 Å². The van der Waals surface area contributed by atoms with Crippen molar-refractivity contribution in [1.82, 2.24) is 5.32 Å². The molecule has 90 valence electrons. The highest BCUT2D eigenvalue weighted by atomic mass is 35.5. The van der Waals surface area contributed by atoms with E-state index in [-0.39, 0.29) is 0 Å². The Kier molecular flexibility index (Phi) is 4.24. The first-order valence-electron chi connectivity index (χ1n) is 5.97. The summed E-state index contributed by atoms with van der Waals surface area (Å²) in [5.41, 5.74) is 1.36. The van der Waals surface area contributed by atoms with Gasteiger partial charge in [-0.25, -0.2) is 0 Å². The van der Waals surface area contributed by atoms with Crippen molar-refractivity contribution in [3.05, 3.63) is 28.8 Å². The number of nitrogens with zero attached hydrogens (tertiary/aromatic N) is 1. The number of anilines is 1. The summed E-state index contributed by atoms with van der Waals surface area (Å²) in [5.74, 6) is 0. The highest BCUT2D eigenvalue weighted by Gasteiger charge is 2.19. The van der Waals surface area contributed by atoms with Crippen LogP contribution in [0, 0.1) is 11.3 Å². The Balaban J connectivity index is 1.77. The van der Waals surface area contributed by atoms with Gasteiger partial charge in [-0.05, 0) is 37.9 Å². The topological polar surface area (TPSA) is 47.9 Å². The minimum absolute atomic E-state index is 0.508. The predicted molar refractivity (Wildman–Crippen MR) is 70.3 cm³/mol. The van der Waals surface area contributed by atoms with E-state index in [9.17, 15) is 0 Å². The van der Waals surface area contributed by atoms with Crippen LogP contribution in [0.4, 0.5) is 5.69 Å². The summed E-state index contributed by atoms with van der Waals surface area (Å²) in [6, 6.07) is 8.36. The van der Waals surface area contributed by atoms with Crippen molar-refractivity contribution in [3.63, 3.8) is 0 Å². The zero-order valence-corrected chi connectivity index (χ0v) is 10.4. The smallest absolute Gasteiger partial charge is 0.103 e. The van der Waals surface area contributed by atoms with Gasteiger partial charge in [0.25, 0.3) is 0 Å². The Morgan fingerprint density at radius 1 is 1.35 bits per heavy atom. The van der Waals surface area contributed by atoms with E-state index in [0.717, 1.165) is 31.2 Å². The summed E-state index contributed by atoms with van der Waals surface area (Å²) in [4.78, 5) is 0. The molecule has 1 aromatic rings. The maximum absolute atomic E-state index is 9.00. The molecule has 1 aromatic carbocycles. The van der Waals surface area contributed by atoms with Gasteiger partial charge < -0.3 is 10.6 Å². The van der Waals surface area contributed by atoms with Gasteiger partial charge in [-0.1, -0.05) is 17.7 Å². The van der Waals surface area contributed by atoms with Crippen LogP contribution in [0.25, 0.3) is 0 Å². The molecule has 0 amide bonds. The summed E-state index contributed by atoms with van der Waals surface area (Å²) in [5, 5.41) is 16.2. The molecule has 1 fully saturated rings. The fourth-order valence-electron chi connectivity index (χ4n) is 1.69. The third-order valence-electron chi connectivity index (χ3n) is 2.80. The molecule has 1 aliphatic carbocycles. The molecule has 1 aliphatic rings. The average molecular weight is 250 g/mol. The van der Waals surface area contributed by atoms with Gasteiger partial charge in [-0.2, -0.15) is 5.26 Å². The number of nitrogens with one attached hydrogen (secondary N) is 2. The third kappa shape index (κ3) is 3.62.